The van der Waals surface area contributed by atoms with E-state index in [1.165, 1.54) is 0 Å². The Morgan fingerprint density at radius 2 is 2.29 bits per heavy atom. The first-order valence-corrected chi connectivity index (χ1v) is 9.82. The number of carbonyl (C=O) groups is 3. The quantitative estimate of drug-likeness (QED) is 0.620. The minimum Gasteiger partial charge on any atom is -0.368 e. The van der Waals surface area contributed by atoms with Gasteiger partial charge in [0, 0.05) is 12.2 Å². The van der Waals surface area contributed by atoms with Gasteiger partial charge in [0.25, 0.3) is 0 Å². The van der Waals surface area contributed by atoms with Crippen molar-refractivity contribution in [3.63, 3.8) is 0 Å². The third kappa shape index (κ3) is 3.01. The van der Waals surface area contributed by atoms with Crippen LogP contribution in [0.4, 0.5) is 0 Å². The molecule has 3 heterocycles. The Morgan fingerprint density at radius 3 is 2.92 bits per heavy atom. The molecule has 3 rings (SSSR count). The minimum absolute atomic E-state index is 0.0660. The van der Waals surface area contributed by atoms with Gasteiger partial charge in [-0.2, -0.15) is 0 Å². The third-order valence-corrected chi connectivity index (χ3v) is 6.57. The second-order valence-electron chi connectivity index (χ2n) is 6.95. The predicted molar refractivity (Wildman–Crippen MR) is 92.1 cm³/mol. The lowest BCUT2D eigenvalue weighted by molar-refractivity contribution is -0.141. The summed E-state index contributed by atoms with van der Waals surface area (Å²) in [6.07, 6.45) is 4.75. The highest BCUT2D eigenvalue weighted by molar-refractivity contribution is 8.00. The molecule has 24 heavy (non-hydrogen) atoms. The van der Waals surface area contributed by atoms with Crippen LogP contribution in [0.25, 0.3) is 0 Å². The maximum Gasteiger partial charge on any atom is 0.250 e. The Labute approximate surface area is 146 Å². The summed E-state index contributed by atoms with van der Waals surface area (Å²) < 4.78 is 0. The van der Waals surface area contributed by atoms with Gasteiger partial charge in [-0.15, -0.1) is 11.8 Å². The van der Waals surface area contributed by atoms with Crippen LogP contribution >= 0.6 is 11.8 Å². The summed E-state index contributed by atoms with van der Waals surface area (Å²) in [6.45, 7) is 2.90. The number of rotatable bonds is 6. The summed E-state index contributed by atoms with van der Waals surface area (Å²) in [7, 11) is 0. The Morgan fingerprint density at radius 1 is 1.50 bits per heavy atom. The average Bonchev–Trinajstić information content (AvgIpc) is 3.24. The number of carbonyl (C=O) groups excluding carboxylic acids is 3. The molecule has 0 unspecified atom stereocenters. The van der Waals surface area contributed by atoms with Crippen LogP contribution in [0.2, 0.25) is 0 Å². The van der Waals surface area contributed by atoms with Crippen LogP contribution in [-0.4, -0.2) is 57.9 Å². The van der Waals surface area contributed by atoms with Crippen molar-refractivity contribution >= 4 is 29.5 Å². The van der Waals surface area contributed by atoms with E-state index in [9.17, 15) is 14.4 Å². The maximum absolute atomic E-state index is 13.1. The van der Waals surface area contributed by atoms with E-state index in [0.717, 1.165) is 32.2 Å². The molecule has 0 bridgehead atoms. The largest absolute Gasteiger partial charge is 0.368 e. The van der Waals surface area contributed by atoms with Gasteiger partial charge >= 0.3 is 0 Å². The molecular formula is C16H26N4O3S. The van der Waals surface area contributed by atoms with Gasteiger partial charge in [-0.05, 0) is 25.8 Å². The van der Waals surface area contributed by atoms with E-state index in [-0.39, 0.29) is 23.2 Å². The molecule has 4 atom stereocenters. The van der Waals surface area contributed by atoms with E-state index in [2.05, 4.69) is 17.6 Å². The van der Waals surface area contributed by atoms with Crippen molar-refractivity contribution in [3.05, 3.63) is 0 Å². The molecule has 3 aliphatic rings. The SMILES string of the molecule is CCCC[C@@]1(NC(=O)[C@@H]2CCCN2)C[C@H]2SC[C@H](C(N)=O)N2C1=O. The molecule has 0 aromatic carbocycles. The molecule has 3 amide bonds. The first kappa shape index (κ1) is 17.5. The topological polar surface area (TPSA) is 105 Å². The second kappa shape index (κ2) is 6.92. The Bertz CT molecular complexity index is 537. The van der Waals surface area contributed by atoms with E-state index in [4.69, 9.17) is 5.73 Å². The van der Waals surface area contributed by atoms with Gasteiger partial charge in [0.15, 0.2) is 0 Å². The van der Waals surface area contributed by atoms with Crippen molar-refractivity contribution in [3.8, 4) is 0 Å². The van der Waals surface area contributed by atoms with Crippen molar-refractivity contribution in [1.29, 1.82) is 0 Å². The molecule has 0 aromatic rings. The molecule has 3 fully saturated rings. The summed E-state index contributed by atoms with van der Waals surface area (Å²) in [5, 5.41) is 6.16. The van der Waals surface area contributed by atoms with Crippen molar-refractivity contribution in [1.82, 2.24) is 15.5 Å². The minimum atomic E-state index is -0.886. The van der Waals surface area contributed by atoms with Crippen LogP contribution < -0.4 is 16.4 Å². The van der Waals surface area contributed by atoms with E-state index in [1.54, 1.807) is 16.7 Å². The lowest BCUT2D eigenvalue weighted by Crippen LogP contribution is -2.59. The molecule has 134 valence electrons. The molecular weight excluding hydrogens is 328 g/mol. The fraction of sp³-hybridized carbons (Fsp3) is 0.812. The summed E-state index contributed by atoms with van der Waals surface area (Å²) in [4.78, 5) is 39.0. The van der Waals surface area contributed by atoms with Gasteiger partial charge in [0.2, 0.25) is 17.7 Å². The van der Waals surface area contributed by atoms with Crippen molar-refractivity contribution in [2.75, 3.05) is 12.3 Å². The highest BCUT2D eigenvalue weighted by Crippen LogP contribution is 2.44. The molecule has 0 aromatic heterocycles. The second-order valence-corrected chi connectivity index (χ2v) is 8.16. The van der Waals surface area contributed by atoms with Crippen LogP contribution in [-0.2, 0) is 14.4 Å². The smallest absolute Gasteiger partial charge is 0.250 e. The zero-order chi connectivity index (χ0) is 17.3. The number of hydrogen-bond donors (Lipinski definition) is 3. The number of primary amides is 1. The Balaban J connectivity index is 1.80. The number of unbranched alkanes of at least 4 members (excludes halogenated alkanes) is 1. The molecule has 3 aliphatic heterocycles. The number of nitrogens with two attached hydrogens (primary N) is 1. The molecule has 0 radical (unpaired) electrons. The van der Waals surface area contributed by atoms with Crippen LogP contribution in [0.3, 0.4) is 0 Å². The highest BCUT2D eigenvalue weighted by atomic mass is 32.2. The van der Waals surface area contributed by atoms with Crippen molar-refractivity contribution in [2.45, 2.75) is 68.4 Å². The average molecular weight is 354 g/mol. The lowest BCUT2D eigenvalue weighted by Gasteiger charge is -2.31. The predicted octanol–water partition coefficient (Wildman–Crippen LogP) is -0.0573. The van der Waals surface area contributed by atoms with Crippen molar-refractivity contribution in [2.24, 2.45) is 5.73 Å². The van der Waals surface area contributed by atoms with Crippen molar-refractivity contribution < 1.29 is 14.4 Å². The molecule has 4 N–H and O–H groups in total. The lowest BCUT2D eigenvalue weighted by atomic mass is 9.90. The number of nitrogens with one attached hydrogen (secondary N) is 2. The van der Waals surface area contributed by atoms with Crippen LogP contribution in [0, 0.1) is 0 Å². The number of fused-ring (bicyclic) bond motifs is 1. The summed E-state index contributed by atoms with van der Waals surface area (Å²) in [5.74, 6) is -0.151. The molecule has 0 aliphatic carbocycles. The third-order valence-electron chi connectivity index (χ3n) is 5.28. The van der Waals surface area contributed by atoms with E-state index >= 15 is 0 Å². The summed E-state index contributed by atoms with van der Waals surface area (Å²) in [6, 6.07) is -0.774. The molecule has 0 saturated carbocycles. The Hall–Kier alpha value is -1.28. The first-order chi connectivity index (χ1) is 11.5. The fourth-order valence-corrected chi connectivity index (χ4v) is 5.47. The van der Waals surface area contributed by atoms with E-state index < -0.39 is 17.5 Å². The first-order valence-electron chi connectivity index (χ1n) is 8.77. The molecule has 8 heteroatoms. The summed E-state index contributed by atoms with van der Waals surface area (Å²) >= 11 is 1.59. The zero-order valence-corrected chi connectivity index (χ0v) is 14.9. The number of thioether (sulfide) groups is 1. The van der Waals surface area contributed by atoms with Gasteiger partial charge in [-0.1, -0.05) is 19.8 Å². The van der Waals surface area contributed by atoms with E-state index in [0.29, 0.717) is 18.6 Å². The maximum atomic E-state index is 13.1. The fourth-order valence-electron chi connectivity index (χ4n) is 3.93. The zero-order valence-electron chi connectivity index (χ0n) is 14.0. The van der Waals surface area contributed by atoms with E-state index in [1.807, 2.05) is 0 Å². The monoisotopic (exact) mass is 354 g/mol. The van der Waals surface area contributed by atoms with Gasteiger partial charge in [0.05, 0.1) is 11.4 Å². The number of nitrogens with zero attached hydrogens (tertiary/aromatic N) is 1. The van der Waals surface area contributed by atoms with Crippen LogP contribution in [0.15, 0.2) is 0 Å². The summed E-state index contributed by atoms with van der Waals surface area (Å²) in [5.41, 5.74) is 4.58. The van der Waals surface area contributed by atoms with Gasteiger partial charge in [0.1, 0.15) is 11.6 Å². The number of amides is 3. The normalized spacial score (nSPS) is 35.3. The van der Waals surface area contributed by atoms with Gasteiger partial charge in [-0.25, -0.2) is 0 Å². The van der Waals surface area contributed by atoms with Crippen LogP contribution in [0.5, 0.6) is 0 Å². The van der Waals surface area contributed by atoms with Gasteiger partial charge in [-0.3, -0.25) is 14.4 Å². The Kier molecular flexibility index (Phi) is 5.05. The van der Waals surface area contributed by atoms with Crippen LogP contribution in [0.1, 0.15) is 45.4 Å². The standard InChI is InChI=1S/C16H26N4O3S/c1-2-3-6-16(19-14(22)10-5-4-7-18-10)8-12-20(15(16)23)11(9-24-12)13(17)21/h10-12,18H,2-9H2,1H3,(H2,17,21)(H,19,22)/t10-,11+,12+,16+/m0/s1. The molecule has 7 nitrogen and oxygen atoms in total. The molecule has 0 spiro atoms. The molecule has 3 saturated heterocycles. The van der Waals surface area contributed by atoms with Gasteiger partial charge < -0.3 is 21.3 Å². The number of hydrogen-bond acceptors (Lipinski definition) is 5. The highest BCUT2D eigenvalue weighted by Gasteiger charge is 2.58.